The van der Waals surface area contributed by atoms with Gasteiger partial charge in [0.15, 0.2) is 0 Å². The van der Waals surface area contributed by atoms with E-state index in [1.165, 1.54) is 19.3 Å². The van der Waals surface area contributed by atoms with Gasteiger partial charge in [-0.2, -0.15) is 0 Å². The highest BCUT2D eigenvalue weighted by Crippen LogP contribution is 2.35. The number of carbonyl (C=O) groups excluding carboxylic acids is 2. The van der Waals surface area contributed by atoms with Gasteiger partial charge in [-0.05, 0) is 50.7 Å². The normalized spacial score (nSPS) is 21.8. The summed E-state index contributed by atoms with van der Waals surface area (Å²) in [6.07, 6.45) is 10.2. The molecule has 3 aliphatic rings. The summed E-state index contributed by atoms with van der Waals surface area (Å²) >= 11 is 0. The van der Waals surface area contributed by atoms with Crippen molar-refractivity contribution in [3.05, 3.63) is 40.4 Å². The first-order valence-corrected chi connectivity index (χ1v) is 12.7. The van der Waals surface area contributed by atoms with Gasteiger partial charge < -0.3 is 10.2 Å². The summed E-state index contributed by atoms with van der Waals surface area (Å²) < 4.78 is 1.81. The van der Waals surface area contributed by atoms with Gasteiger partial charge in [-0.1, -0.05) is 31.4 Å². The van der Waals surface area contributed by atoms with E-state index in [9.17, 15) is 14.4 Å². The third-order valence-corrected chi connectivity index (χ3v) is 7.45. The van der Waals surface area contributed by atoms with E-state index < -0.39 is 0 Å². The summed E-state index contributed by atoms with van der Waals surface area (Å²) in [4.78, 5) is 45.5. The van der Waals surface area contributed by atoms with Crippen molar-refractivity contribution >= 4 is 22.7 Å². The second kappa shape index (κ2) is 9.65. The molecule has 7 heteroatoms. The molecule has 0 radical (unpaired) electrons. The van der Waals surface area contributed by atoms with Crippen molar-refractivity contribution in [3.63, 3.8) is 0 Å². The largest absolute Gasteiger partial charge is 0.353 e. The van der Waals surface area contributed by atoms with Crippen LogP contribution in [0.4, 0.5) is 0 Å². The molecule has 7 nitrogen and oxygen atoms in total. The lowest BCUT2D eigenvalue weighted by Gasteiger charge is -2.33. The lowest BCUT2D eigenvalue weighted by molar-refractivity contribution is -0.136. The quantitative estimate of drug-likeness (QED) is 0.732. The molecule has 2 aliphatic carbocycles. The summed E-state index contributed by atoms with van der Waals surface area (Å²) in [6, 6.07) is 7.95. The predicted molar refractivity (Wildman–Crippen MR) is 127 cm³/mol. The molecule has 2 aromatic rings. The number of nitrogens with one attached hydrogen (secondary N) is 1. The second-order valence-electron chi connectivity index (χ2n) is 9.97. The van der Waals surface area contributed by atoms with Crippen LogP contribution in [-0.2, 0) is 16.0 Å². The number of aromatic nitrogens is 2. The molecule has 3 fully saturated rings. The van der Waals surface area contributed by atoms with Gasteiger partial charge in [0.1, 0.15) is 5.82 Å². The maximum atomic E-state index is 13.1. The number of aryl methyl sites for hydroxylation is 1. The van der Waals surface area contributed by atoms with Crippen molar-refractivity contribution in [3.8, 4) is 0 Å². The van der Waals surface area contributed by atoms with Gasteiger partial charge in [-0.15, -0.1) is 0 Å². The molecule has 1 saturated heterocycles. The number of likely N-dealkylation sites (tertiary alicyclic amines) is 1. The molecule has 2 heterocycles. The van der Waals surface area contributed by atoms with Gasteiger partial charge in [0.05, 0.1) is 16.8 Å². The van der Waals surface area contributed by atoms with Crippen molar-refractivity contribution in [2.75, 3.05) is 13.1 Å². The lowest BCUT2D eigenvalue weighted by Crippen LogP contribution is -2.48. The Bertz CT molecular complexity index is 1080. The number of carbonyl (C=O) groups is 2. The van der Waals surface area contributed by atoms with Crippen LogP contribution in [0.25, 0.3) is 10.9 Å². The fraction of sp³-hybridized carbons (Fsp3) is 0.615. The highest BCUT2D eigenvalue weighted by Gasteiger charge is 2.31. The predicted octanol–water partition coefficient (Wildman–Crippen LogP) is 3.35. The fourth-order valence-corrected chi connectivity index (χ4v) is 5.44. The molecule has 1 aromatic heterocycles. The number of nitrogens with zero attached hydrogens (tertiary/aromatic N) is 3. The highest BCUT2D eigenvalue weighted by molar-refractivity contribution is 5.82. The van der Waals surface area contributed by atoms with Crippen LogP contribution in [0.3, 0.4) is 0 Å². The smallest absolute Gasteiger partial charge is 0.261 e. The van der Waals surface area contributed by atoms with Crippen LogP contribution in [0, 0.1) is 5.92 Å². The Morgan fingerprint density at radius 1 is 1.00 bits per heavy atom. The highest BCUT2D eigenvalue weighted by atomic mass is 16.2. The SMILES string of the molecule is O=C(NC1CCCCC1)C1CCCN(C(=O)CCc2nc3ccccc3c(=O)n2C2CC2)C1. The Morgan fingerprint density at radius 3 is 2.58 bits per heavy atom. The van der Waals surface area contributed by atoms with Crippen LogP contribution in [0.1, 0.15) is 76.1 Å². The van der Waals surface area contributed by atoms with E-state index in [2.05, 4.69) is 5.32 Å². The van der Waals surface area contributed by atoms with E-state index >= 15 is 0 Å². The Kier molecular flexibility index (Phi) is 6.47. The summed E-state index contributed by atoms with van der Waals surface area (Å²) in [6.45, 7) is 1.20. The first-order chi connectivity index (χ1) is 16.1. The van der Waals surface area contributed by atoms with E-state index in [1.807, 2.05) is 33.7 Å². The van der Waals surface area contributed by atoms with Gasteiger partial charge in [0.2, 0.25) is 11.8 Å². The number of hydrogen-bond acceptors (Lipinski definition) is 4. The Labute approximate surface area is 194 Å². The summed E-state index contributed by atoms with van der Waals surface area (Å²) in [5.41, 5.74) is 0.697. The average molecular weight is 451 g/mol. The third kappa shape index (κ3) is 4.97. The molecular weight excluding hydrogens is 416 g/mol. The Morgan fingerprint density at radius 2 is 1.79 bits per heavy atom. The van der Waals surface area contributed by atoms with Gasteiger partial charge in [-0.3, -0.25) is 19.0 Å². The number of hydrogen-bond donors (Lipinski definition) is 1. The van der Waals surface area contributed by atoms with Gasteiger partial charge in [-0.25, -0.2) is 4.98 Å². The lowest BCUT2D eigenvalue weighted by atomic mass is 9.93. The number of fused-ring (bicyclic) bond motifs is 1. The van der Waals surface area contributed by atoms with E-state index in [1.54, 1.807) is 0 Å². The number of rotatable bonds is 6. The van der Waals surface area contributed by atoms with Gasteiger partial charge >= 0.3 is 0 Å². The second-order valence-corrected chi connectivity index (χ2v) is 9.97. The Balaban J connectivity index is 1.23. The molecule has 2 saturated carbocycles. The molecule has 1 atom stereocenters. The van der Waals surface area contributed by atoms with Crippen molar-refractivity contribution in [2.24, 2.45) is 5.92 Å². The molecule has 1 aromatic carbocycles. The van der Waals surface area contributed by atoms with E-state index in [0.29, 0.717) is 48.7 Å². The topological polar surface area (TPSA) is 84.3 Å². The molecule has 2 amide bonds. The van der Waals surface area contributed by atoms with Crippen molar-refractivity contribution in [2.45, 2.75) is 82.7 Å². The van der Waals surface area contributed by atoms with Crippen LogP contribution in [-0.4, -0.2) is 45.4 Å². The van der Waals surface area contributed by atoms with Crippen LogP contribution < -0.4 is 10.9 Å². The van der Waals surface area contributed by atoms with Crippen LogP contribution >= 0.6 is 0 Å². The van der Waals surface area contributed by atoms with E-state index in [-0.39, 0.29) is 29.3 Å². The summed E-state index contributed by atoms with van der Waals surface area (Å²) in [5, 5.41) is 3.87. The Hall–Kier alpha value is -2.70. The average Bonchev–Trinajstić information content (AvgIpc) is 3.68. The van der Waals surface area contributed by atoms with Crippen molar-refractivity contribution in [1.82, 2.24) is 19.8 Å². The van der Waals surface area contributed by atoms with Gasteiger partial charge in [0.25, 0.3) is 5.56 Å². The summed E-state index contributed by atoms with van der Waals surface area (Å²) in [5.74, 6) is 0.749. The first kappa shape index (κ1) is 22.1. The zero-order valence-electron chi connectivity index (χ0n) is 19.3. The molecule has 33 heavy (non-hydrogen) atoms. The molecule has 5 rings (SSSR count). The third-order valence-electron chi connectivity index (χ3n) is 7.45. The molecule has 0 spiro atoms. The number of amides is 2. The number of para-hydroxylation sites is 1. The molecule has 1 N–H and O–H groups in total. The van der Waals surface area contributed by atoms with Crippen molar-refractivity contribution in [1.29, 1.82) is 0 Å². The van der Waals surface area contributed by atoms with Crippen LogP contribution in [0.5, 0.6) is 0 Å². The minimum atomic E-state index is -0.118. The van der Waals surface area contributed by atoms with Crippen molar-refractivity contribution < 1.29 is 9.59 Å². The molecule has 176 valence electrons. The van der Waals surface area contributed by atoms with Crippen LogP contribution in [0.15, 0.2) is 29.1 Å². The number of benzene rings is 1. The maximum Gasteiger partial charge on any atom is 0.261 e. The summed E-state index contributed by atoms with van der Waals surface area (Å²) in [7, 11) is 0. The van der Waals surface area contributed by atoms with E-state index in [4.69, 9.17) is 4.98 Å². The fourth-order valence-electron chi connectivity index (χ4n) is 5.44. The van der Waals surface area contributed by atoms with Crippen LogP contribution in [0.2, 0.25) is 0 Å². The zero-order valence-corrected chi connectivity index (χ0v) is 19.3. The molecule has 0 bridgehead atoms. The molecule has 1 unspecified atom stereocenters. The van der Waals surface area contributed by atoms with E-state index in [0.717, 1.165) is 38.5 Å². The maximum absolute atomic E-state index is 13.1. The monoisotopic (exact) mass is 450 g/mol. The van der Waals surface area contributed by atoms with Gasteiger partial charge in [0, 0.05) is 38.0 Å². The molecular formula is C26H34N4O3. The minimum Gasteiger partial charge on any atom is -0.353 e. The molecule has 1 aliphatic heterocycles. The first-order valence-electron chi connectivity index (χ1n) is 12.7. The number of piperidine rings is 1. The standard InChI is InChI=1S/C26H34N4O3/c31-24(29-16-6-7-18(17-29)25(32)27-19-8-2-1-3-9-19)15-14-23-28-22-11-5-4-10-21(22)26(33)30(23)20-12-13-20/h4-5,10-11,18-20H,1-3,6-9,12-17H2,(H,27,32). The zero-order chi connectivity index (χ0) is 22.8. The minimum absolute atomic E-state index is 0.00275.